The van der Waals surface area contributed by atoms with Gasteiger partial charge in [-0.05, 0) is 13.3 Å². The third kappa shape index (κ3) is 3.81. The lowest BCUT2D eigenvalue weighted by Crippen LogP contribution is -2.10. The predicted octanol–water partition coefficient (Wildman–Crippen LogP) is 1.61. The Morgan fingerprint density at radius 1 is 1.20 bits per heavy atom. The quantitative estimate of drug-likeness (QED) is 0.788. The molecule has 0 unspecified atom stereocenters. The van der Waals surface area contributed by atoms with Gasteiger partial charge in [0.05, 0.1) is 19.3 Å². The molecule has 108 valence electrons. The second kappa shape index (κ2) is 6.69. The summed E-state index contributed by atoms with van der Waals surface area (Å²) >= 11 is 0. The molecule has 2 rings (SSSR count). The molecular weight excluding hydrogens is 260 g/mol. The van der Waals surface area contributed by atoms with Gasteiger partial charge in [-0.1, -0.05) is 12.1 Å². The standard InChI is InChI=1S/C12H18N6O2/c1-4-5-13-10-15-11(17-12(16-10)19-3)14-7-9-6-8(2)18-20-9/h6H,4-5,7H2,1-3H3,(H2,13,14,15,16,17). The van der Waals surface area contributed by atoms with Gasteiger partial charge in [-0.25, -0.2) is 0 Å². The summed E-state index contributed by atoms with van der Waals surface area (Å²) in [6, 6.07) is 2.11. The Kier molecular flexibility index (Phi) is 4.70. The molecule has 0 bridgehead atoms. The monoisotopic (exact) mass is 278 g/mol. The predicted molar refractivity (Wildman–Crippen MR) is 73.7 cm³/mol. The molecule has 0 aliphatic carbocycles. The first-order valence-electron chi connectivity index (χ1n) is 6.41. The molecule has 2 N–H and O–H groups in total. The van der Waals surface area contributed by atoms with Crippen LogP contribution in [-0.4, -0.2) is 33.8 Å². The smallest absolute Gasteiger partial charge is 0.322 e. The molecule has 8 nitrogen and oxygen atoms in total. The highest BCUT2D eigenvalue weighted by Crippen LogP contribution is 2.12. The van der Waals surface area contributed by atoms with Crippen LogP contribution in [0.4, 0.5) is 11.9 Å². The highest BCUT2D eigenvalue weighted by molar-refractivity contribution is 5.36. The number of rotatable bonds is 7. The molecule has 2 aromatic heterocycles. The highest BCUT2D eigenvalue weighted by atomic mass is 16.5. The maximum atomic E-state index is 5.11. The Morgan fingerprint density at radius 2 is 1.95 bits per heavy atom. The number of nitrogens with one attached hydrogen (secondary N) is 2. The van der Waals surface area contributed by atoms with Crippen molar-refractivity contribution in [3.8, 4) is 6.01 Å². The van der Waals surface area contributed by atoms with Crippen LogP contribution in [0.2, 0.25) is 0 Å². The highest BCUT2D eigenvalue weighted by Gasteiger charge is 2.07. The van der Waals surface area contributed by atoms with E-state index in [0.717, 1.165) is 18.7 Å². The minimum atomic E-state index is 0.259. The lowest BCUT2D eigenvalue weighted by molar-refractivity contribution is 0.377. The van der Waals surface area contributed by atoms with Crippen molar-refractivity contribution in [2.75, 3.05) is 24.3 Å². The minimum absolute atomic E-state index is 0.259. The van der Waals surface area contributed by atoms with Gasteiger partial charge in [-0.2, -0.15) is 15.0 Å². The zero-order valence-corrected chi connectivity index (χ0v) is 11.8. The van der Waals surface area contributed by atoms with Crippen molar-refractivity contribution in [1.82, 2.24) is 20.1 Å². The van der Waals surface area contributed by atoms with Gasteiger partial charge in [0, 0.05) is 12.6 Å². The maximum Gasteiger partial charge on any atom is 0.322 e. The molecule has 0 spiro atoms. The molecule has 0 fully saturated rings. The molecule has 0 amide bonds. The lowest BCUT2D eigenvalue weighted by atomic mass is 10.4. The number of hydrogen-bond donors (Lipinski definition) is 2. The molecule has 0 saturated heterocycles. The summed E-state index contributed by atoms with van der Waals surface area (Å²) < 4.78 is 10.2. The van der Waals surface area contributed by atoms with Gasteiger partial charge in [0.15, 0.2) is 5.76 Å². The summed E-state index contributed by atoms with van der Waals surface area (Å²) in [6.07, 6.45) is 0.980. The van der Waals surface area contributed by atoms with Gasteiger partial charge in [0.25, 0.3) is 0 Å². The first-order valence-corrected chi connectivity index (χ1v) is 6.41. The Morgan fingerprint density at radius 3 is 2.55 bits per heavy atom. The Bertz CT molecular complexity index is 557. The number of methoxy groups -OCH3 is 1. The fourth-order valence-corrected chi connectivity index (χ4v) is 1.51. The van der Waals surface area contributed by atoms with Crippen LogP contribution in [0.25, 0.3) is 0 Å². The van der Waals surface area contributed by atoms with E-state index in [1.807, 2.05) is 13.0 Å². The Balaban J connectivity index is 2.05. The van der Waals surface area contributed by atoms with Crippen molar-refractivity contribution in [2.24, 2.45) is 0 Å². The van der Waals surface area contributed by atoms with Crippen molar-refractivity contribution < 1.29 is 9.26 Å². The van der Waals surface area contributed by atoms with E-state index >= 15 is 0 Å². The molecule has 0 radical (unpaired) electrons. The average molecular weight is 278 g/mol. The van der Waals surface area contributed by atoms with Gasteiger partial charge in [0.2, 0.25) is 11.9 Å². The van der Waals surface area contributed by atoms with Crippen LogP contribution in [-0.2, 0) is 6.54 Å². The summed E-state index contributed by atoms with van der Waals surface area (Å²) in [7, 11) is 1.52. The van der Waals surface area contributed by atoms with Crippen LogP contribution in [0.1, 0.15) is 24.8 Å². The van der Waals surface area contributed by atoms with E-state index in [2.05, 4.69) is 37.7 Å². The molecule has 2 heterocycles. The van der Waals surface area contributed by atoms with Crippen LogP contribution in [0, 0.1) is 6.92 Å². The summed E-state index contributed by atoms with van der Waals surface area (Å²) in [5.41, 5.74) is 0.834. The third-order valence-corrected chi connectivity index (χ3v) is 2.43. The van der Waals surface area contributed by atoms with Crippen molar-refractivity contribution in [3.05, 3.63) is 17.5 Å². The zero-order chi connectivity index (χ0) is 14.4. The van der Waals surface area contributed by atoms with Crippen LogP contribution in [0.15, 0.2) is 10.6 Å². The number of aryl methyl sites for hydroxylation is 1. The number of nitrogens with zero attached hydrogens (tertiary/aromatic N) is 4. The van der Waals surface area contributed by atoms with E-state index in [1.165, 1.54) is 7.11 Å². The van der Waals surface area contributed by atoms with E-state index in [1.54, 1.807) is 0 Å². The molecule has 2 aromatic rings. The molecule has 0 saturated carbocycles. The average Bonchev–Trinajstić information content (AvgIpc) is 2.88. The summed E-state index contributed by atoms with van der Waals surface area (Å²) in [5.74, 6) is 1.62. The van der Waals surface area contributed by atoms with E-state index in [4.69, 9.17) is 9.26 Å². The van der Waals surface area contributed by atoms with E-state index < -0.39 is 0 Å². The molecule has 0 aromatic carbocycles. The van der Waals surface area contributed by atoms with Gasteiger partial charge < -0.3 is 19.9 Å². The largest absolute Gasteiger partial charge is 0.467 e. The topological polar surface area (TPSA) is 98.0 Å². The summed E-state index contributed by atoms with van der Waals surface area (Å²) in [5, 5.41) is 9.96. The summed E-state index contributed by atoms with van der Waals surface area (Å²) in [6.45, 7) is 5.16. The fraction of sp³-hybridized carbons (Fsp3) is 0.500. The number of anilines is 2. The summed E-state index contributed by atoms with van der Waals surface area (Å²) in [4.78, 5) is 12.5. The maximum absolute atomic E-state index is 5.11. The van der Waals surface area contributed by atoms with Crippen molar-refractivity contribution >= 4 is 11.9 Å². The first-order chi connectivity index (χ1) is 9.71. The van der Waals surface area contributed by atoms with Crippen molar-refractivity contribution in [1.29, 1.82) is 0 Å². The second-order valence-electron chi connectivity index (χ2n) is 4.18. The molecule has 8 heteroatoms. The normalized spacial score (nSPS) is 10.3. The lowest BCUT2D eigenvalue weighted by Gasteiger charge is -2.08. The molecule has 0 aliphatic rings. The molecular formula is C12H18N6O2. The van der Waals surface area contributed by atoms with Gasteiger partial charge in [-0.15, -0.1) is 0 Å². The Labute approximate surface area is 117 Å². The van der Waals surface area contributed by atoms with Crippen molar-refractivity contribution in [2.45, 2.75) is 26.8 Å². The zero-order valence-electron chi connectivity index (χ0n) is 11.8. The van der Waals surface area contributed by atoms with E-state index in [0.29, 0.717) is 24.2 Å². The van der Waals surface area contributed by atoms with Crippen LogP contribution in [0.3, 0.4) is 0 Å². The third-order valence-electron chi connectivity index (χ3n) is 2.43. The van der Waals surface area contributed by atoms with Crippen LogP contribution < -0.4 is 15.4 Å². The number of ether oxygens (including phenoxy) is 1. The van der Waals surface area contributed by atoms with E-state index in [9.17, 15) is 0 Å². The van der Waals surface area contributed by atoms with Crippen LogP contribution >= 0.6 is 0 Å². The molecule has 0 aliphatic heterocycles. The van der Waals surface area contributed by atoms with E-state index in [-0.39, 0.29) is 6.01 Å². The van der Waals surface area contributed by atoms with Crippen molar-refractivity contribution in [3.63, 3.8) is 0 Å². The molecule has 0 atom stereocenters. The van der Waals surface area contributed by atoms with Crippen LogP contribution in [0.5, 0.6) is 6.01 Å². The SMILES string of the molecule is CCCNc1nc(NCc2cc(C)no2)nc(OC)n1. The second-order valence-corrected chi connectivity index (χ2v) is 4.18. The minimum Gasteiger partial charge on any atom is -0.467 e. The fourth-order valence-electron chi connectivity index (χ4n) is 1.51. The van der Waals surface area contributed by atoms with Gasteiger partial charge >= 0.3 is 6.01 Å². The van der Waals surface area contributed by atoms with Gasteiger partial charge in [0.1, 0.15) is 0 Å². The first kappa shape index (κ1) is 14.0. The number of hydrogen-bond acceptors (Lipinski definition) is 8. The van der Waals surface area contributed by atoms with Gasteiger partial charge in [-0.3, -0.25) is 0 Å². The number of aromatic nitrogens is 4. The molecule has 20 heavy (non-hydrogen) atoms. The Hall–Kier alpha value is -2.38.